The predicted molar refractivity (Wildman–Crippen MR) is 140 cm³/mol. The molecule has 0 spiro atoms. The Morgan fingerprint density at radius 2 is 1.97 bits per heavy atom. The number of fused-ring (bicyclic) bond motifs is 1. The summed E-state index contributed by atoms with van der Waals surface area (Å²) < 4.78 is 1.78. The van der Waals surface area contributed by atoms with Crippen LogP contribution in [0.3, 0.4) is 0 Å². The normalized spacial score (nSPS) is 14.2. The molecule has 2 N–H and O–H groups in total. The summed E-state index contributed by atoms with van der Waals surface area (Å²) >= 11 is 6.41. The standard InChI is InChI=1S/C25H27ClN10/c1-16(2)11-21-32-23-12-19(7-10-36(23)34-21)31-25-29-15-20(26)24(33-25)30-18-5-8-35(9-6-18)22-4-3-17(13-27)14-28-22/h3-4,7,10,12,14-16,18H,5-6,8-9,11H2,1-2H3,(H2,29,30,31,33). The summed E-state index contributed by atoms with van der Waals surface area (Å²) in [6.07, 6.45) is 7.74. The molecule has 5 heterocycles. The van der Waals surface area contributed by atoms with Crippen molar-refractivity contribution in [3.05, 3.63) is 59.3 Å². The van der Waals surface area contributed by atoms with Gasteiger partial charge in [-0.25, -0.2) is 19.5 Å². The molecule has 11 heteroatoms. The third-order valence-electron chi connectivity index (χ3n) is 6.01. The number of aromatic nitrogens is 6. The molecule has 0 aliphatic carbocycles. The first kappa shape index (κ1) is 23.8. The van der Waals surface area contributed by atoms with Gasteiger partial charge in [-0.15, -0.1) is 0 Å². The van der Waals surface area contributed by atoms with E-state index < -0.39 is 0 Å². The minimum atomic E-state index is 0.228. The highest BCUT2D eigenvalue weighted by atomic mass is 35.5. The van der Waals surface area contributed by atoms with Crippen molar-refractivity contribution in [2.75, 3.05) is 28.6 Å². The summed E-state index contributed by atoms with van der Waals surface area (Å²) in [5.41, 5.74) is 2.16. The van der Waals surface area contributed by atoms with Gasteiger partial charge in [0.2, 0.25) is 5.95 Å². The summed E-state index contributed by atoms with van der Waals surface area (Å²) in [4.78, 5) is 20.2. The Kier molecular flexibility index (Phi) is 6.82. The highest BCUT2D eigenvalue weighted by Crippen LogP contribution is 2.26. The Morgan fingerprint density at radius 3 is 2.69 bits per heavy atom. The second kappa shape index (κ2) is 10.3. The zero-order valence-corrected chi connectivity index (χ0v) is 20.9. The lowest BCUT2D eigenvalue weighted by Gasteiger charge is -2.33. The quantitative estimate of drug-likeness (QED) is 0.377. The Bertz CT molecular complexity index is 1380. The van der Waals surface area contributed by atoms with E-state index in [2.05, 4.69) is 60.5 Å². The predicted octanol–water partition coefficient (Wildman–Crippen LogP) is 4.46. The van der Waals surface area contributed by atoms with Gasteiger partial charge in [-0.1, -0.05) is 25.4 Å². The lowest BCUT2D eigenvalue weighted by Crippen LogP contribution is -2.39. The van der Waals surface area contributed by atoms with E-state index in [1.807, 2.05) is 24.4 Å². The van der Waals surface area contributed by atoms with Crippen LogP contribution < -0.4 is 15.5 Å². The molecule has 0 aromatic carbocycles. The minimum Gasteiger partial charge on any atom is -0.366 e. The molecule has 184 valence electrons. The van der Waals surface area contributed by atoms with Gasteiger partial charge in [-0.2, -0.15) is 15.3 Å². The molecule has 5 rings (SSSR count). The summed E-state index contributed by atoms with van der Waals surface area (Å²) in [5.74, 6) is 3.27. The summed E-state index contributed by atoms with van der Waals surface area (Å²) in [6, 6.07) is 9.87. The van der Waals surface area contributed by atoms with Crippen molar-refractivity contribution in [3.8, 4) is 6.07 Å². The number of pyridine rings is 2. The molecule has 10 nitrogen and oxygen atoms in total. The molecule has 36 heavy (non-hydrogen) atoms. The average Bonchev–Trinajstić information content (AvgIpc) is 3.27. The van der Waals surface area contributed by atoms with Crippen LogP contribution >= 0.6 is 11.6 Å². The molecular weight excluding hydrogens is 476 g/mol. The Labute approximate surface area is 214 Å². The molecule has 0 unspecified atom stereocenters. The van der Waals surface area contributed by atoms with E-state index in [9.17, 15) is 0 Å². The van der Waals surface area contributed by atoms with E-state index in [0.717, 1.165) is 55.3 Å². The van der Waals surface area contributed by atoms with E-state index in [4.69, 9.17) is 16.9 Å². The van der Waals surface area contributed by atoms with Crippen LogP contribution in [0.5, 0.6) is 0 Å². The molecule has 1 aliphatic heterocycles. The van der Waals surface area contributed by atoms with Crippen LogP contribution in [0.15, 0.2) is 42.9 Å². The highest BCUT2D eigenvalue weighted by Gasteiger charge is 2.21. The number of nitriles is 1. The fourth-order valence-corrected chi connectivity index (χ4v) is 4.35. The fourth-order valence-electron chi connectivity index (χ4n) is 4.20. The molecule has 1 fully saturated rings. The first-order valence-electron chi connectivity index (χ1n) is 12.0. The van der Waals surface area contributed by atoms with Crippen LogP contribution in [0.25, 0.3) is 5.65 Å². The maximum absolute atomic E-state index is 8.96. The van der Waals surface area contributed by atoms with Gasteiger partial charge in [-0.3, -0.25) is 0 Å². The molecule has 4 aromatic rings. The maximum atomic E-state index is 8.96. The van der Waals surface area contributed by atoms with Crippen molar-refractivity contribution < 1.29 is 0 Å². The van der Waals surface area contributed by atoms with E-state index >= 15 is 0 Å². The van der Waals surface area contributed by atoms with Crippen LogP contribution in [0, 0.1) is 17.2 Å². The SMILES string of the molecule is CC(C)Cc1nc2cc(Nc3ncc(Cl)c(NC4CCN(c5ccc(C#N)cn5)CC4)n3)ccn2n1. The van der Waals surface area contributed by atoms with Crippen molar-refractivity contribution in [3.63, 3.8) is 0 Å². The second-order valence-corrected chi connectivity index (χ2v) is 9.69. The van der Waals surface area contributed by atoms with Crippen molar-refractivity contribution in [2.24, 2.45) is 5.92 Å². The van der Waals surface area contributed by atoms with E-state index in [-0.39, 0.29) is 6.04 Å². The first-order valence-corrected chi connectivity index (χ1v) is 12.4. The number of nitrogens with zero attached hydrogens (tertiary/aromatic N) is 8. The van der Waals surface area contributed by atoms with Crippen LogP contribution in [0.4, 0.5) is 23.3 Å². The molecule has 0 saturated carbocycles. The van der Waals surface area contributed by atoms with Gasteiger partial charge in [0, 0.05) is 49.7 Å². The third kappa shape index (κ3) is 5.47. The van der Waals surface area contributed by atoms with Crippen molar-refractivity contribution >= 4 is 40.5 Å². The molecule has 1 saturated heterocycles. The Balaban J connectivity index is 1.22. The molecule has 0 radical (unpaired) electrons. The van der Waals surface area contributed by atoms with Crippen LogP contribution in [-0.2, 0) is 6.42 Å². The lowest BCUT2D eigenvalue weighted by atomic mass is 10.0. The molecule has 4 aromatic heterocycles. The van der Waals surface area contributed by atoms with Crippen LogP contribution in [0.1, 0.15) is 38.1 Å². The maximum Gasteiger partial charge on any atom is 0.229 e. The van der Waals surface area contributed by atoms with Gasteiger partial charge in [0.1, 0.15) is 16.9 Å². The number of hydrogen-bond donors (Lipinski definition) is 2. The second-order valence-electron chi connectivity index (χ2n) is 9.28. The largest absolute Gasteiger partial charge is 0.366 e. The van der Waals surface area contributed by atoms with E-state index in [0.29, 0.717) is 28.3 Å². The van der Waals surface area contributed by atoms with Gasteiger partial charge in [-0.05, 0) is 37.0 Å². The molecule has 0 amide bonds. The minimum absolute atomic E-state index is 0.228. The van der Waals surface area contributed by atoms with Crippen molar-refractivity contribution in [2.45, 2.75) is 39.2 Å². The van der Waals surface area contributed by atoms with Gasteiger partial charge < -0.3 is 15.5 Å². The number of rotatable bonds is 7. The Morgan fingerprint density at radius 1 is 1.14 bits per heavy atom. The molecule has 1 aliphatic rings. The van der Waals surface area contributed by atoms with Gasteiger partial charge >= 0.3 is 0 Å². The highest BCUT2D eigenvalue weighted by molar-refractivity contribution is 6.32. The molecule has 0 atom stereocenters. The molecule has 0 bridgehead atoms. The summed E-state index contributed by atoms with van der Waals surface area (Å²) in [6.45, 7) is 6.00. The number of hydrogen-bond acceptors (Lipinski definition) is 9. The number of nitrogens with one attached hydrogen (secondary N) is 2. The average molecular weight is 503 g/mol. The van der Waals surface area contributed by atoms with Crippen molar-refractivity contribution in [1.29, 1.82) is 5.26 Å². The Hall–Kier alpha value is -3.97. The number of piperidine rings is 1. The smallest absolute Gasteiger partial charge is 0.229 e. The topological polar surface area (TPSA) is 120 Å². The fraction of sp³-hybridized carbons (Fsp3) is 0.360. The number of halogens is 1. The zero-order chi connectivity index (χ0) is 25.1. The third-order valence-corrected chi connectivity index (χ3v) is 6.29. The monoisotopic (exact) mass is 502 g/mol. The van der Waals surface area contributed by atoms with Gasteiger partial charge in [0.05, 0.1) is 11.8 Å². The van der Waals surface area contributed by atoms with E-state index in [1.165, 1.54) is 0 Å². The first-order chi connectivity index (χ1) is 17.5. The zero-order valence-electron chi connectivity index (χ0n) is 20.2. The van der Waals surface area contributed by atoms with Crippen LogP contribution in [-0.4, -0.2) is 48.7 Å². The van der Waals surface area contributed by atoms with Crippen molar-refractivity contribution in [1.82, 2.24) is 29.5 Å². The molecular formula is C25H27ClN10. The van der Waals surface area contributed by atoms with Crippen LogP contribution in [0.2, 0.25) is 5.02 Å². The lowest BCUT2D eigenvalue weighted by molar-refractivity contribution is 0.522. The number of anilines is 4. The summed E-state index contributed by atoms with van der Waals surface area (Å²) in [5, 5.41) is 20.7. The van der Waals surface area contributed by atoms with Gasteiger partial charge in [0.15, 0.2) is 17.3 Å². The van der Waals surface area contributed by atoms with E-state index in [1.54, 1.807) is 23.0 Å². The summed E-state index contributed by atoms with van der Waals surface area (Å²) in [7, 11) is 0. The van der Waals surface area contributed by atoms with Gasteiger partial charge in [0.25, 0.3) is 0 Å².